The highest BCUT2D eigenvalue weighted by molar-refractivity contribution is 4.99. The smallest absolute Gasteiger partial charge is 0.103 e. The van der Waals surface area contributed by atoms with Gasteiger partial charge in [-0.1, -0.05) is 53.9 Å². The van der Waals surface area contributed by atoms with Crippen LogP contribution in [0.1, 0.15) is 13.3 Å². The van der Waals surface area contributed by atoms with Gasteiger partial charge in [-0.05, 0) is 74.3 Å². The van der Waals surface area contributed by atoms with E-state index in [2.05, 4.69) is 86.8 Å². The lowest BCUT2D eigenvalue weighted by Crippen LogP contribution is -2.38. The van der Waals surface area contributed by atoms with Gasteiger partial charge < -0.3 is 0 Å². The van der Waals surface area contributed by atoms with Crippen LogP contribution in [-0.2, 0) is 0 Å². The van der Waals surface area contributed by atoms with Crippen LogP contribution in [0, 0.1) is 23.7 Å². The van der Waals surface area contributed by atoms with Gasteiger partial charge in [-0.2, -0.15) is 0 Å². The lowest BCUT2D eigenvalue weighted by molar-refractivity contribution is 0.169. The highest BCUT2D eigenvalue weighted by Crippen LogP contribution is 2.38. The van der Waals surface area contributed by atoms with Crippen LogP contribution in [0.4, 0.5) is 0 Å². The topological polar surface area (TPSA) is 390 Å². The molecule has 0 saturated carbocycles. The minimum atomic E-state index is -1.56. The average molecular weight is 496 g/mol. The SMILES string of the molecule is C=CC(C(N=[N+]=[N-])N=[N+]=[N-])C(CC(C(N=[N+]=[N-])N=[N+]=[N-])C(C)C(N=[N+]=[N-])N=[N+]=[N-])C(N=[N+]=[N-])N=[N+]=[N-]. The zero-order chi connectivity index (χ0) is 27.3. The van der Waals surface area contributed by atoms with E-state index in [0.717, 1.165) is 0 Å². The van der Waals surface area contributed by atoms with Gasteiger partial charge in [0.2, 0.25) is 0 Å². The Balaban J connectivity index is 7.25. The lowest BCUT2D eigenvalue weighted by Gasteiger charge is -2.36. The molecular weight excluding hydrogens is 480 g/mol. The molecule has 4 unspecified atom stereocenters. The van der Waals surface area contributed by atoms with E-state index in [0.29, 0.717) is 0 Å². The first kappa shape index (κ1) is 30.2. The molecule has 0 rings (SSSR count). The molecule has 0 fully saturated rings. The van der Waals surface area contributed by atoms with Gasteiger partial charge in [-0.15, -0.1) is 6.58 Å². The maximum absolute atomic E-state index is 9.00. The minimum Gasteiger partial charge on any atom is -0.103 e. The second-order valence-electron chi connectivity index (χ2n) is 6.53. The fourth-order valence-electron chi connectivity index (χ4n) is 3.36. The second-order valence-corrected chi connectivity index (χ2v) is 6.53. The van der Waals surface area contributed by atoms with E-state index in [9.17, 15) is 0 Å². The van der Waals surface area contributed by atoms with E-state index in [4.69, 9.17) is 44.2 Å². The molecule has 4 atom stereocenters. The van der Waals surface area contributed by atoms with Crippen molar-refractivity contribution >= 4 is 0 Å². The predicted octanol–water partition coefficient (Wildman–Crippen LogP) is 7.83. The molecule has 24 heteroatoms. The average Bonchev–Trinajstić information content (AvgIpc) is 2.86. The van der Waals surface area contributed by atoms with Gasteiger partial charge in [-0.25, -0.2) is 0 Å². The molecule has 0 bridgehead atoms. The van der Waals surface area contributed by atoms with Crippen molar-refractivity contribution in [2.45, 2.75) is 38.0 Å². The highest BCUT2D eigenvalue weighted by Gasteiger charge is 2.38. The summed E-state index contributed by atoms with van der Waals surface area (Å²) in [6.07, 6.45) is -5.14. The zero-order valence-electron chi connectivity index (χ0n) is 18.3. The maximum atomic E-state index is 9.00. The summed E-state index contributed by atoms with van der Waals surface area (Å²) >= 11 is 0. The molecule has 0 aromatic heterocycles. The van der Waals surface area contributed by atoms with E-state index < -0.39 is 48.3 Å². The molecule has 0 spiro atoms. The van der Waals surface area contributed by atoms with Crippen molar-refractivity contribution in [3.05, 3.63) is 96.2 Å². The second kappa shape index (κ2) is 17.7. The Morgan fingerprint density at radius 1 is 0.528 bits per heavy atom. The molecule has 0 heterocycles. The number of nitrogens with zero attached hydrogens (tertiary/aromatic N) is 24. The molecule has 0 aliphatic rings. The summed E-state index contributed by atoms with van der Waals surface area (Å²) < 4.78 is 0. The van der Waals surface area contributed by atoms with Gasteiger partial charge in [0.15, 0.2) is 0 Å². The molecular formula is C12H16N24. The fourth-order valence-corrected chi connectivity index (χ4v) is 3.36. The third-order valence-corrected chi connectivity index (χ3v) is 4.93. The first-order valence-corrected chi connectivity index (χ1v) is 9.40. The summed E-state index contributed by atoms with van der Waals surface area (Å²) in [6, 6.07) is 0. The third kappa shape index (κ3) is 8.99. The molecule has 0 saturated heterocycles. The van der Waals surface area contributed by atoms with Crippen molar-refractivity contribution in [1.82, 2.24) is 0 Å². The van der Waals surface area contributed by atoms with Crippen LogP contribution in [-0.4, -0.2) is 24.7 Å². The highest BCUT2D eigenvalue weighted by atomic mass is 15.3. The summed E-state index contributed by atoms with van der Waals surface area (Å²) in [5.41, 5.74) is 71.5. The molecule has 184 valence electrons. The quantitative estimate of drug-likeness (QED) is 0.0802. The van der Waals surface area contributed by atoms with Crippen molar-refractivity contribution in [3.63, 3.8) is 0 Å². The molecule has 0 N–H and O–H groups in total. The first-order chi connectivity index (χ1) is 17.4. The summed E-state index contributed by atoms with van der Waals surface area (Å²) in [7, 11) is 0. The van der Waals surface area contributed by atoms with Gasteiger partial charge in [0.25, 0.3) is 0 Å². The maximum Gasteiger partial charge on any atom is 0.122 e. The Morgan fingerprint density at radius 3 is 1.17 bits per heavy atom. The van der Waals surface area contributed by atoms with Crippen molar-refractivity contribution in [2.75, 3.05) is 0 Å². The van der Waals surface area contributed by atoms with Crippen molar-refractivity contribution in [2.24, 2.45) is 64.6 Å². The largest absolute Gasteiger partial charge is 0.122 e. The molecule has 0 aliphatic carbocycles. The Morgan fingerprint density at radius 2 is 0.833 bits per heavy atom. The Labute approximate surface area is 199 Å². The predicted molar refractivity (Wildman–Crippen MR) is 123 cm³/mol. The Hall–Kier alpha value is -5.78. The van der Waals surface area contributed by atoms with Crippen LogP contribution in [0.2, 0.25) is 0 Å². The summed E-state index contributed by atoms with van der Waals surface area (Å²) in [4.78, 5) is 20.9. The molecule has 0 aromatic carbocycles. The summed E-state index contributed by atoms with van der Waals surface area (Å²) in [6.45, 7) is 5.02. The van der Waals surface area contributed by atoms with Crippen molar-refractivity contribution < 1.29 is 0 Å². The van der Waals surface area contributed by atoms with E-state index >= 15 is 0 Å². The van der Waals surface area contributed by atoms with E-state index in [1.807, 2.05) is 0 Å². The summed E-state index contributed by atoms with van der Waals surface area (Å²) in [5.74, 6) is -4.47. The summed E-state index contributed by atoms with van der Waals surface area (Å²) in [5, 5.41) is 27.3. The van der Waals surface area contributed by atoms with Gasteiger partial charge >= 0.3 is 0 Å². The van der Waals surface area contributed by atoms with Gasteiger partial charge in [-0.3, -0.25) is 0 Å². The number of rotatable bonds is 17. The molecule has 0 amide bonds. The molecule has 36 heavy (non-hydrogen) atoms. The van der Waals surface area contributed by atoms with E-state index in [-0.39, 0.29) is 6.42 Å². The molecule has 0 aliphatic heterocycles. The van der Waals surface area contributed by atoms with Crippen LogP contribution in [0.5, 0.6) is 0 Å². The van der Waals surface area contributed by atoms with Crippen LogP contribution in [0.15, 0.2) is 53.6 Å². The number of azide groups is 4. The van der Waals surface area contributed by atoms with Gasteiger partial charge in [0, 0.05) is 39.3 Å². The van der Waals surface area contributed by atoms with Crippen LogP contribution < -0.4 is 0 Å². The minimum absolute atomic E-state index is 0.333. The molecule has 24 nitrogen and oxygen atoms in total. The van der Waals surface area contributed by atoms with Gasteiger partial charge in [0.05, 0.1) is 0 Å². The Kier molecular flexibility index (Phi) is 14.9. The normalized spacial score (nSPS) is 15.8. The number of hydrogen-bond donors (Lipinski definition) is 0. The van der Waals surface area contributed by atoms with E-state index in [1.165, 1.54) is 13.0 Å². The van der Waals surface area contributed by atoms with Crippen molar-refractivity contribution in [3.8, 4) is 0 Å². The third-order valence-electron chi connectivity index (χ3n) is 4.93. The number of hydrogen-bond acceptors (Lipinski definition) is 8. The van der Waals surface area contributed by atoms with Gasteiger partial charge in [0.1, 0.15) is 24.7 Å². The van der Waals surface area contributed by atoms with Crippen LogP contribution >= 0.6 is 0 Å². The van der Waals surface area contributed by atoms with E-state index in [1.54, 1.807) is 0 Å². The zero-order valence-corrected chi connectivity index (χ0v) is 18.3. The standard InChI is InChI=1S/C12H16N24/c1-3-6(10(23-31-15)24-32-16)8(12(27-35-19)28-36-20)4-7(11(25-33-17)26-34-18)5(2)9(21-29-13)22-30-14/h3,5-12H,1,4H2,2H3. The van der Waals surface area contributed by atoms with Crippen LogP contribution in [0.3, 0.4) is 0 Å². The fraction of sp³-hybridized carbons (Fsp3) is 0.833. The molecule has 0 radical (unpaired) electrons. The lowest BCUT2D eigenvalue weighted by atomic mass is 9.75. The Bertz CT molecular complexity index is 1080. The monoisotopic (exact) mass is 496 g/mol. The molecule has 0 aromatic rings. The van der Waals surface area contributed by atoms with Crippen LogP contribution in [0.25, 0.3) is 83.5 Å². The van der Waals surface area contributed by atoms with Crippen molar-refractivity contribution in [1.29, 1.82) is 0 Å². The first-order valence-electron chi connectivity index (χ1n) is 9.40.